The summed E-state index contributed by atoms with van der Waals surface area (Å²) in [5.41, 5.74) is 10.5. The number of nitrogens with zero attached hydrogens (tertiary/aromatic N) is 3. The molecule has 6 heteroatoms. The number of pyridine rings is 1. The van der Waals surface area contributed by atoms with Gasteiger partial charge in [0.25, 0.3) is 0 Å². The molecule has 5 nitrogen and oxygen atoms in total. The second kappa shape index (κ2) is 12.8. The Morgan fingerprint density at radius 3 is 2.14 bits per heavy atom. The van der Waals surface area contributed by atoms with Crippen molar-refractivity contribution in [1.82, 2.24) is 14.5 Å². The predicted molar refractivity (Wildman–Crippen MR) is 202 cm³/mol. The number of para-hydroxylation sites is 4. The summed E-state index contributed by atoms with van der Waals surface area (Å²) in [7, 11) is 0. The summed E-state index contributed by atoms with van der Waals surface area (Å²) in [4.78, 5) is 10.2. The largest absolute Gasteiger partial charge is 0.507 e. The molecule has 6 aromatic carbocycles. The third-order valence-electron chi connectivity index (χ3n) is 9.76. The van der Waals surface area contributed by atoms with Crippen LogP contribution >= 0.6 is 0 Å². The van der Waals surface area contributed by atoms with Crippen molar-refractivity contribution >= 4 is 33.0 Å². The summed E-state index contributed by atoms with van der Waals surface area (Å²) in [6, 6.07) is 52.8. The minimum absolute atomic E-state index is 0. The van der Waals surface area contributed by atoms with E-state index in [0.717, 1.165) is 66.6 Å². The molecule has 0 aliphatic heterocycles. The van der Waals surface area contributed by atoms with Crippen molar-refractivity contribution in [1.29, 1.82) is 0 Å². The normalized spacial score (nSPS) is 11.6. The van der Waals surface area contributed by atoms with Gasteiger partial charge in [-0.05, 0) is 42.0 Å². The molecule has 9 rings (SSSR count). The van der Waals surface area contributed by atoms with Crippen molar-refractivity contribution in [3.8, 4) is 45.2 Å². The fourth-order valence-electron chi connectivity index (χ4n) is 7.01. The van der Waals surface area contributed by atoms with Crippen LogP contribution in [0.15, 0.2) is 156 Å². The second-order valence-corrected chi connectivity index (χ2v) is 13.1. The van der Waals surface area contributed by atoms with Gasteiger partial charge in [0.2, 0.25) is 0 Å². The van der Waals surface area contributed by atoms with Gasteiger partial charge in [-0.15, -0.1) is 29.3 Å². The zero-order valence-electron chi connectivity index (χ0n) is 27.9. The molecule has 0 aliphatic rings. The zero-order valence-corrected chi connectivity index (χ0v) is 30.2. The average Bonchev–Trinajstić information content (AvgIpc) is 3.74. The molecule has 0 atom stereocenters. The maximum Gasteiger partial charge on any atom is 0.152 e. The van der Waals surface area contributed by atoms with E-state index in [2.05, 4.69) is 109 Å². The molecule has 0 spiro atoms. The molecular weight excluding hydrogens is 810 g/mol. The maximum atomic E-state index is 11.0. The van der Waals surface area contributed by atoms with Gasteiger partial charge in [-0.3, -0.25) is 9.55 Å². The molecule has 9 aromatic rings. The van der Waals surface area contributed by atoms with Crippen molar-refractivity contribution in [2.75, 3.05) is 0 Å². The van der Waals surface area contributed by atoms with Crippen molar-refractivity contribution in [3.05, 3.63) is 169 Å². The molecule has 1 N–H and O–H groups in total. The van der Waals surface area contributed by atoms with Gasteiger partial charge in [0.1, 0.15) is 17.2 Å². The summed E-state index contributed by atoms with van der Waals surface area (Å²) in [6.45, 7) is 4.51. The Morgan fingerprint density at radius 1 is 0.647 bits per heavy atom. The van der Waals surface area contributed by atoms with E-state index in [1.807, 2.05) is 60.8 Å². The summed E-state index contributed by atoms with van der Waals surface area (Å²) in [5, 5.41) is 13.1. The first-order valence-electron chi connectivity index (χ1n) is 16.7. The minimum atomic E-state index is -0.329. The molecule has 0 saturated carbocycles. The van der Waals surface area contributed by atoms with Gasteiger partial charge in [-0.2, -0.15) is 0 Å². The molecular formula is C45H32N3O2Pt-. The van der Waals surface area contributed by atoms with Crippen molar-refractivity contribution < 1.29 is 30.6 Å². The van der Waals surface area contributed by atoms with E-state index in [-0.39, 0.29) is 32.2 Å². The number of imidazole rings is 1. The topological polar surface area (TPSA) is 64.1 Å². The molecule has 3 aromatic heterocycles. The number of furan rings is 1. The third-order valence-corrected chi connectivity index (χ3v) is 9.76. The van der Waals surface area contributed by atoms with Crippen LogP contribution < -0.4 is 0 Å². The number of aromatic nitrogens is 3. The van der Waals surface area contributed by atoms with Crippen molar-refractivity contribution in [2.45, 2.75) is 19.3 Å². The number of benzene rings is 6. The molecule has 0 saturated heterocycles. The predicted octanol–water partition coefficient (Wildman–Crippen LogP) is 11.2. The smallest absolute Gasteiger partial charge is 0.152 e. The van der Waals surface area contributed by atoms with Gasteiger partial charge in [0, 0.05) is 48.6 Å². The van der Waals surface area contributed by atoms with Crippen LogP contribution in [-0.2, 0) is 26.5 Å². The third kappa shape index (κ3) is 5.55. The molecule has 0 fully saturated rings. The van der Waals surface area contributed by atoms with Crippen LogP contribution in [0.4, 0.5) is 0 Å². The first kappa shape index (κ1) is 32.4. The second-order valence-electron chi connectivity index (χ2n) is 13.1. The Hall–Kier alpha value is -5.77. The average molecular weight is 842 g/mol. The SMILES string of the molecule is CC(C)(c1ccccc1)c1cc(-c2cc3c(cn2)oc2ccccc23)[c-]c(-c2cccc3c2nc(-c2ccccc2O)n3-c2ccccc2)c1.[Pt]. The van der Waals surface area contributed by atoms with Crippen LogP contribution in [0, 0.1) is 6.07 Å². The van der Waals surface area contributed by atoms with E-state index in [1.165, 1.54) is 5.56 Å². The Kier molecular flexibility index (Phi) is 8.17. The quantitative estimate of drug-likeness (QED) is 0.169. The summed E-state index contributed by atoms with van der Waals surface area (Å²) < 4.78 is 8.23. The van der Waals surface area contributed by atoms with Crippen LogP contribution in [-0.4, -0.2) is 19.6 Å². The molecule has 0 bridgehead atoms. The summed E-state index contributed by atoms with van der Waals surface area (Å²) >= 11 is 0. The van der Waals surface area contributed by atoms with Crippen LogP contribution in [0.5, 0.6) is 5.75 Å². The van der Waals surface area contributed by atoms with E-state index in [0.29, 0.717) is 11.4 Å². The fraction of sp³-hybridized carbons (Fsp3) is 0.0667. The monoisotopic (exact) mass is 841 g/mol. The number of fused-ring (bicyclic) bond motifs is 4. The fourth-order valence-corrected chi connectivity index (χ4v) is 7.01. The molecule has 0 radical (unpaired) electrons. The van der Waals surface area contributed by atoms with E-state index < -0.39 is 0 Å². The van der Waals surface area contributed by atoms with Gasteiger partial charge >= 0.3 is 0 Å². The van der Waals surface area contributed by atoms with Crippen LogP contribution in [0.2, 0.25) is 0 Å². The van der Waals surface area contributed by atoms with Crippen LogP contribution in [0.1, 0.15) is 25.0 Å². The number of rotatable bonds is 6. The Morgan fingerprint density at radius 2 is 1.33 bits per heavy atom. The van der Waals surface area contributed by atoms with E-state index in [1.54, 1.807) is 6.07 Å². The Labute approximate surface area is 310 Å². The van der Waals surface area contributed by atoms with Gasteiger partial charge < -0.3 is 9.52 Å². The van der Waals surface area contributed by atoms with E-state index in [9.17, 15) is 5.11 Å². The molecule has 0 aliphatic carbocycles. The number of phenolic OH excluding ortho intramolecular Hbond substituents is 1. The van der Waals surface area contributed by atoms with Gasteiger partial charge in [-0.25, -0.2) is 4.98 Å². The Balaban J connectivity index is 0.00000374. The van der Waals surface area contributed by atoms with Gasteiger partial charge in [0.15, 0.2) is 5.58 Å². The van der Waals surface area contributed by atoms with Crippen molar-refractivity contribution in [3.63, 3.8) is 0 Å². The molecule has 51 heavy (non-hydrogen) atoms. The van der Waals surface area contributed by atoms with Crippen LogP contribution in [0.25, 0.3) is 72.4 Å². The summed E-state index contributed by atoms with van der Waals surface area (Å²) in [6.07, 6.45) is 1.81. The van der Waals surface area contributed by atoms with Gasteiger partial charge in [0.05, 0.1) is 22.8 Å². The first-order chi connectivity index (χ1) is 24.5. The molecule has 0 unspecified atom stereocenters. The summed E-state index contributed by atoms with van der Waals surface area (Å²) in [5.74, 6) is 0.840. The van der Waals surface area contributed by atoms with E-state index in [4.69, 9.17) is 14.4 Å². The number of phenols is 1. The maximum absolute atomic E-state index is 11.0. The number of aromatic hydroxyl groups is 1. The standard InChI is InChI=1S/C45H32N3O2.Pt/c1-45(2,31-14-5-3-6-15-31)32-25-29(24-30(26-32)38-27-37-35-18-10-12-23-41(35)50-42(37)28-46-38)34-20-13-21-39-43(34)47-44(36-19-9-11-22-40(36)49)48(39)33-16-7-4-8-17-33;/h3-23,25-28,49H,1-2H3;/q-1;. The molecule has 3 heterocycles. The first-order valence-corrected chi connectivity index (χ1v) is 16.7. The van der Waals surface area contributed by atoms with Crippen LogP contribution in [0.3, 0.4) is 0 Å². The zero-order chi connectivity index (χ0) is 33.8. The van der Waals surface area contributed by atoms with Gasteiger partial charge in [-0.1, -0.05) is 122 Å². The van der Waals surface area contributed by atoms with E-state index >= 15 is 0 Å². The molecule has 250 valence electrons. The number of hydrogen-bond donors (Lipinski definition) is 1. The Bertz CT molecular complexity index is 2700. The minimum Gasteiger partial charge on any atom is -0.507 e. The number of hydrogen-bond acceptors (Lipinski definition) is 4. The van der Waals surface area contributed by atoms with Crippen molar-refractivity contribution in [2.24, 2.45) is 0 Å². The molecule has 0 amide bonds.